The van der Waals surface area contributed by atoms with Crippen LogP contribution in [0.1, 0.15) is 18.8 Å². The minimum absolute atomic E-state index is 0.242. The van der Waals surface area contributed by atoms with Gasteiger partial charge in [-0.3, -0.25) is 0 Å². The molecule has 0 saturated heterocycles. The third kappa shape index (κ3) is 2.94. The van der Waals surface area contributed by atoms with Crippen molar-refractivity contribution in [2.45, 2.75) is 17.9 Å². The first-order valence-electron chi connectivity index (χ1n) is 5.37. The molecule has 1 aromatic carbocycles. The van der Waals surface area contributed by atoms with E-state index < -0.39 is 26.8 Å². The van der Waals surface area contributed by atoms with E-state index in [1.807, 2.05) is 0 Å². The van der Waals surface area contributed by atoms with Gasteiger partial charge in [0, 0.05) is 12.4 Å². The molecule has 0 radical (unpaired) electrons. The monoisotopic (exact) mass is 303 g/mol. The number of hydrogen-bond donors (Lipinski definition) is 2. The summed E-state index contributed by atoms with van der Waals surface area (Å²) in [7, 11) is -4.01. The highest BCUT2D eigenvalue weighted by molar-refractivity contribution is 7.89. The molecule has 1 atom stereocenters. The highest BCUT2D eigenvalue weighted by atomic mass is 35.5. The van der Waals surface area contributed by atoms with E-state index >= 15 is 0 Å². The van der Waals surface area contributed by atoms with Gasteiger partial charge in [-0.25, -0.2) is 22.5 Å². The Morgan fingerprint density at radius 2 is 2.21 bits per heavy atom. The van der Waals surface area contributed by atoms with Crippen LogP contribution in [0.4, 0.5) is 4.39 Å². The molecule has 0 spiro atoms. The number of rotatable bonds is 4. The van der Waals surface area contributed by atoms with E-state index in [-0.39, 0.29) is 5.02 Å². The molecule has 0 aliphatic rings. The Morgan fingerprint density at radius 1 is 1.47 bits per heavy atom. The molecule has 8 heteroatoms. The number of benzene rings is 1. The summed E-state index contributed by atoms with van der Waals surface area (Å²) in [6.45, 7) is 1.60. The van der Waals surface area contributed by atoms with Crippen molar-refractivity contribution in [1.29, 1.82) is 0 Å². The Labute approximate surface area is 114 Å². The number of nitrogens with zero attached hydrogens (tertiary/aromatic N) is 1. The molecule has 2 aromatic rings. The van der Waals surface area contributed by atoms with Crippen LogP contribution in [0.25, 0.3) is 0 Å². The van der Waals surface area contributed by atoms with Crippen LogP contribution in [0.2, 0.25) is 5.02 Å². The summed E-state index contributed by atoms with van der Waals surface area (Å²) in [6, 6.07) is 3.19. The molecule has 0 aliphatic heterocycles. The average Bonchev–Trinajstić information content (AvgIpc) is 2.85. The SMILES string of the molecule is CC(NS(=O)(=O)c1cccc(Cl)c1F)c1ncc[nH]1. The van der Waals surface area contributed by atoms with Crippen LogP contribution in [0.3, 0.4) is 0 Å². The standard InChI is InChI=1S/C11H11ClFN3O2S/c1-7(11-14-5-6-15-11)16-19(17,18)9-4-2-3-8(12)10(9)13/h2-7,16H,1H3,(H,14,15). The summed E-state index contributed by atoms with van der Waals surface area (Å²) in [5, 5.41) is -0.242. The zero-order valence-corrected chi connectivity index (χ0v) is 11.5. The molecular weight excluding hydrogens is 293 g/mol. The third-order valence-corrected chi connectivity index (χ3v) is 4.32. The first kappa shape index (κ1) is 14.0. The van der Waals surface area contributed by atoms with Crippen LogP contribution in [0, 0.1) is 5.82 Å². The molecule has 1 unspecified atom stereocenters. The molecule has 1 heterocycles. The van der Waals surface area contributed by atoms with Gasteiger partial charge in [-0.05, 0) is 19.1 Å². The number of H-pyrrole nitrogens is 1. The number of aromatic amines is 1. The lowest BCUT2D eigenvalue weighted by atomic mass is 10.3. The fraction of sp³-hybridized carbons (Fsp3) is 0.182. The maximum Gasteiger partial charge on any atom is 0.244 e. The average molecular weight is 304 g/mol. The largest absolute Gasteiger partial charge is 0.347 e. The maximum absolute atomic E-state index is 13.7. The van der Waals surface area contributed by atoms with Crippen molar-refractivity contribution < 1.29 is 12.8 Å². The second-order valence-corrected chi connectivity index (χ2v) is 5.96. The van der Waals surface area contributed by atoms with Crippen molar-refractivity contribution in [2.75, 3.05) is 0 Å². The van der Waals surface area contributed by atoms with Crippen LogP contribution in [0.5, 0.6) is 0 Å². The molecule has 5 nitrogen and oxygen atoms in total. The topological polar surface area (TPSA) is 74.8 Å². The second kappa shape index (κ2) is 5.28. The van der Waals surface area contributed by atoms with E-state index in [1.54, 1.807) is 13.1 Å². The summed E-state index contributed by atoms with van der Waals surface area (Å²) in [6.07, 6.45) is 3.07. The van der Waals surface area contributed by atoms with Gasteiger partial charge < -0.3 is 4.98 Å². The van der Waals surface area contributed by atoms with Crippen LogP contribution >= 0.6 is 11.6 Å². The van der Waals surface area contributed by atoms with Crippen molar-refractivity contribution in [3.63, 3.8) is 0 Å². The van der Waals surface area contributed by atoms with Crippen molar-refractivity contribution >= 4 is 21.6 Å². The molecule has 19 heavy (non-hydrogen) atoms. The Kier molecular flexibility index (Phi) is 3.88. The first-order valence-corrected chi connectivity index (χ1v) is 7.23. The fourth-order valence-electron chi connectivity index (χ4n) is 1.56. The zero-order chi connectivity index (χ0) is 14.0. The van der Waals surface area contributed by atoms with Gasteiger partial charge in [-0.1, -0.05) is 17.7 Å². The van der Waals surface area contributed by atoms with Crippen molar-refractivity contribution in [3.8, 4) is 0 Å². The quantitative estimate of drug-likeness (QED) is 0.909. The molecule has 0 aliphatic carbocycles. The van der Waals surface area contributed by atoms with Crippen LogP contribution < -0.4 is 4.72 Å². The summed E-state index contributed by atoms with van der Waals surface area (Å²) in [5.74, 6) is -0.533. The molecule has 0 fully saturated rings. The predicted molar refractivity (Wildman–Crippen MR) is 68.7 cm³/mol. The molecule has 102 valence electrons. The van der Waals surface area contributed by atoms with E-state index in [0.29, 0.717) is 5.82 Å². The van der Waals surface area contributed by atoms with Crippen LogP contribution in [-0.4, -0.2) is 18.4 Å². The lowest BCUT2D eigenvalue weighted by molar-refractivity contribution is 0.543. The highest BCUT2D eigenvalue weighted by Gasteiger charge is 2.24. The number of imidazole rings is 1. The van der Waals surface area contributed by atoms with Gasteiger partial charge in [0.2, 0.25) is 10.0 Å². The molecular formula is C11H11ClFN3O2S. The van der Waals surface area contributed by atoms with Crippen LogP contribution in [0.15, 0.2) is 35.5 Å². The van der Waals surface area contributed by atoms with Gasteiger partial charge in [0.15, 0.2) is 5.82 Å². The molecule has 2 rings (SSSR count). The molecule has 2 N–H and O–H groups in total. The van der Waals surface area contributed by atoms with Gasteiger partial charge in [0.05, 0.1) is 11.1 Å². The zero-order valence-electron chi connectivity index (χ0n) is 9.89. The number of nitrogens with one attached hydrogen (secondary N) is 2. The number of aromatic nitrogens is 2. The second-order valence-electron chi connectivity index (χ2n) is 3.87. The van der Waals surface area contributed by atoms with E-state index in [1.165, 1.54) is 18.3 Å². The molecule has 0 bridgehead atoms. The number of halogens is 2. The van der Waals surface area contributed by atoms with Gasteiger partial charge in [-0.15, -0.1) is 0 Å². The van der Waals surface area contributed by atoms with E-state index in [2.05, 4.69) is 14.7 Å². The summed E-state index contributed by atoms with van der Waals surface area (Å²) >= 11 is 5.57. The minimum atomic E-state index is -4.01. The summed E-state index contributed by atoms with van der Waals surface area (Å²) < 4.78 is 40.2. The van der Waals surface area contributed by atoms with Gasteiger partial charge in [-0.2, -0.15) is 0 Å². The molecule has 0 amide bonds. The van der Waals surface area contributed by atoms with E-state index in [4.69, 9.17) is 11.6 Å². The Bertz CT molecular complexity index is 673. The van der Waals surface area contributed by atoms with Crippen molar-refractivity contribution in [1.82, 2.24) is 14.7 Å². The van der Waals surface area contributed by atoms with Crippen molar-refractivity contribution in [2.24, 2.45) is 0 Å². The van der Waals surface area contributed by atoms with Gasteiger partial charge in [0.25, 0.3) is 0 Å². The van der Waals surface area contributed by atoms with E-state index in [9.17, 15) is 12.8 Å². The lowest BCUT2D eigenvalue weighted by Crippen LogP contribution is -2.28. The number of sulfonamides is 1. The molecule has 0 saturated carbocycles. The first-order chi connectivity index (χ1) is 8.92. The lowest BCUT2D eigenvalue weighted by Gasteiger charge is -2.12. The predicted octanol–water partition coefficient (Wildman–Crippen LogP) is 2.24. The summed E-state index contributed by atoms with van der Waals surface area (Å²) in [4.78, 5) is 6.22. The fourth-order valence-corrected chi connectivity index (χ4v) is 3.10. The van der Waals surface area contributed by atoms with E-state index in [0.717, 1.165) is 6.07 Å². The Morgan fingerprint density at radius 3 is 2.84 bits per heavy atom. The smallest absolute Gasteiger partial charge is 0.244 e. The Hall–Kier alpha value is -1.44. The molecule has 1 aromatic heterocycles. The maximum atomic E-state index is 13.7. The van der Waals surface area contributed by atoms with Gasteiger partial charge >= 0.3 is 0 Å². The Balaban J connectivity index is 2.31. The number of hydrogen-bond acceptors (Lipinski definition) is 3. The van der Waals surface area contributed by atoms with Gasteiger partial charge in [0.1, 0.15) is 10.7 Å². The van der Waals surface area contributed by atoms with Crippen LogP contribution in [-0.2, 0) is 10.0 Å². The highest BCUT2D eigenvalue weighted by Crippen LogP contribution is 2.23. The minimum Gasteiger partial charge on any atom is -0.347 e. The normalized spacial score (nSPS) is 13.4. The van der Waals surface area contributed by atoms with Crippen molar-refractivity contribution in [3.05, 3.63) is 47.3 Å². The third-order valence-electron chi connectivity index (χ3n) is 2.47. The summed E-state index contributed by atoms with van der Waals surface area (Å²) in [5.41, 5.74) is 0.